The average Bonchev–Trinajstić information content (AvgIpc) is 2.76. The van der Waals surface area contributed by atoms with Gasteiger partial charge >= 0.3 is 0 Å². The third-order valence-corrected chi connectivity index (χ3v) is 2.79. The minimum atomic E-state index is -0.109. The lowest BCUT2D eigenvalue weighted by Crippen LogP contribution is -2.23. The molecule has 2 fully saturated rings. The molecule has 2 N–H and O–H groups in total. The summed E-state index contributed by atoms with van der Waals surface area (Å²) in [4.78, 5) is 11.1. The second-order valence-corrected chi connectivity index (χ2v) is 3.54. The Hall–Kier alpha value is -0.570. The fraction of sp³-hybridized carbons (Fsp3) is 0.875. The minimum Gasteiger partial charge on any atom is -0.396 e. The quantitative estimate of drug-likeness (QED) is 0.577. The van der Waals surface area contributed by atoms with Gasteiger partial charge in [-0.25, -0.2) is 0 Å². The molecule has 1 amide bonds. The van der Waals surface area contributed by atoms with Crippen LogP contribution in [0.1, 0.15) is 12.8 Å². The summed E-state index contributed by atoms with van der Waals surface area (Å²) in [5, 5.41) is 11.7. The van der Waals surface area contributed by atoms with Gasteiger partial charge in [-0.15, -0.1) is 0 Å². The Kier molecular flexibility index (Phi) is 1.60. The lowest BCUT2D eigenvalue weighted by Gasteiger charge is -2.11. The number of hydrogen-bond donors (Lipinski definition) is 2. The fourth-order valence-electron chi connectivity index (χ4n) is 1.92. The average molecular weight is 155 g/mol. The molecule has 1 aliphatic carbocycles. The molecule has 2 atom stereocenters. The Morgan fingerprint density at radius 2 is 2.27 bits per heavy atom. The Balaban J connectivity index is 2.03. The van der Waals surface area contributed by atoms with Crippen LogP contribution in [0.3, 0.4) is 0 Å². The molecular weight excluding hydrogens is 142 g/mol. The highest BCUT2D eigenvalue weighted by atomic mass is 16.3. The Morgan fingerprint density at radius 1 is 1.55 bits per heavy atom. The van der Waals surface area contributed by atoms with Crippen LogP contribution in [0.15, 0.2) is 0 Å². The molecule has 0 aromatic carbocycles. The first-order chi connectivity index (χ1) is 5.33. The molecule has 3 heteroatoms. The van der Waals surface area contributed by atoms with Crippen molar-refractivity contribution in [3.8, 4) is 0 Å². The van der Waals surface area contributed by atoms with Gasteiger partial charge in [-0.3, -0.25) is 4.79 Å². The molecule has 0 radical (unpaired) electrons. The molecule has 0 aromatic heterocycles. The smallest absolute Gasteiger partial charge is 0.225 e. The van der Waals surface area contributed by atoms with Crippen LogP contribution in [0.5, 0.6) is 0 Å². The van der Waals surface area contributed by atoms with Crippen molar-refractivity contribution in [1.29, 1.82) is 0 Å². The van der Waals surface area contributed by atoms with E-state index in [1.54, 1.807) is 0 Å². The molecule has 2 unspecified atom stereocenters. The maximum atomic E-state index is 11.1. The third-order valence-electron chi connectivity index (χ3n) is 2.79. The lowest BCUT2D eigenvalue weighted by atomic mass is 9.92. The highest BCUT2D eigenvalue weighted by Crippen LogP contribution is 2.41. The van der Waals surface area contributed by atoms with Crippen molar-refractivity contribution in [3.05, 3.63) is 0 Å². The Labute approximate surface area is 65.8 Å². The van der Waals surface area contributed by atoms with Gasteiger partial charge in [0.25, 0.3) is 0 Å². The molecule has 1 saturated carbocycles. The van der Waals surface area contributed by atoms with E-state index in [0.717, 1.165) is 6.54 Å². The van der Waals surface area contributed by atoms with Crippen LogP contribution in [0.25, 0.3) is 0 Å². The standard InChI is InChI=1S/C8H13NO2/c10-4-7-6(5-1-2-5)3-9-8(7)11/h5-7,10H,1-4H2,(H,9,11). The van der Waals surface area contributed by atoms with Gasteiger partial charge in [-0.2, -0.15) is 0 Å². The highest BCUT2D eigenvalue weighted by molar-refractivity contribution is 5.81. The molecule has 3 nitrogen and oxygen atoms in total. The lowest BCUT2D eigenvalue weighted by molar-refractivity contribution is -0.124. The van der Waals surface area contributed by atoms with Gasteiger partial charge < -0.3 is 10.4 Å². The van der Waals surface area contributed by atoms with Crippen molar-refractivity contribution in [2.75, 3.05) is 13.2 Å². The predicted molar refractivity (Wildman–Crippen MR) is 39.8 cm³/mol. The van der Waals surface area contributed by atoms with E-state index in [4.69, 9.17) is 5.11 Å². The first kappa shape index (κ1) is 7.10. The molecule has 0 aromatic rings. The summed E-state index contributed by atoms with van der Waals surface area (Å²) in [7, 11) is 0. The van der Waals surface area contributed by atoms with Crippen molar-refractivity contribution in [1.82, 2.24) is 5.32 Å². The molecule has 2 rings (SSSR count). The molecule has 11 heavy (non-hydrogen) atoms. The van der Waals surface area contributed by atoms with Gasteiger partial charge in [0, 0.05) is 6.54 Å². The van der Waals surface area contributed by atoms with E-state index in [9.17, 15) is 4.79 Å². The normalized spacial score (nSPS) is 37.4. The number of carbonyl (C=O) groups is 1. The van der Waals surface area contributed by atoms with Crippen LogP contribution in [-0.2, 0) is 4.79 Å². The second kappa shape index (κ2) is 2.48. The topological polar surface area (TPSA) is 49.3 Å². The van der Waals surface area contributed by atoms with E-state index < -0.39 is 0 Å². The molecular formula is C8H13NO2. The van der Waals surface area contributed by atoms with Gasteiger partial charge in [0.15, 0.2) is 0 Å². The highest BCUT2D eigenvalue weighted by Gasteiger charge is 2.43. The summed E-state index contributed by atoms with van der Waals surface area (Å²) in [6, 6.07) is 0. The summed E-state index contributed by atoms with van der Waals surface area (Å²) in [6.07, 6.45) is 2.49. The molecule has 0 bridgehead atoms. The first-order valence-corrected chi connectivity index (χ1v) is 4.21. The number of aliphatic hydroxyl groups is 1. The maximum Gasteiger partial charge on any atom is 0.225 e. The van der Waals surface area contributed by atoms with E-state index in [0.29, 0.717) is 11.8 Å². The SMILES string of the molecule is O=C1NCC(C2CC2)C1CO. The fourth-order valence-corrected chi connectivity index (χ4v) is 1.92. The van der Waals surface area contributed by atoms with Crippen molar-refractivity contribution in [3.63, 3.8) is 0 Å². The minimum absolute atomic E-state index is 0.0208. The second-order valence-electron chi connectivity index (χ2n) is 3.54. The largest absolute Gasteiger partial charge is 0.396 e. The number of amides is 1. The third kappa shape index (κ3) is 1.13. The molecule has 1 saturated heterocycles. The van der Waals surface area contributed by atoms with Crippen LogP contribution < -0.4 is 5.32 Å². The zero-order valence-corrected chi connectivity index (χ0v) is 6.42. The number of carbonyl (C=O) groups excluding carboxylic acids is 1. The number of rotatable bonds is 2. The summed E-state index contributed by atoms with van der Waals surface area (Å²) in [6.45, 7) is 0.807. The van der Waals surface area contributed by atoms with Gasteiger partial charge in [0.2, 0.25) is 5.91 Å². The first-order valence-electron chi connectivity index (χ1n) is 4.21. The van der Waals surface area contributed by atoms with Crippen LogP contribution in [-0.4, -0.2) is 24.2 Å². The van der Waals surface area contributed by atoms with Crippen LogP contribution in [0.2, 0.25) is 0 Å². The van der Waals surface area contributed by atoms with E-state index >= 15 is 0 Å². The predicted octanol–water partition coefficient (Wildman–Crippen LogP) is -0.249. The summed E-state index contributed by atoms with van der Waals surface area (Å²) in [5.41, 5.74) is 0. The molecule has 1 heterocycles. The van der Waals surface area contributed by atoms with Crippen LogP contribution in [0, 0.1) is 17.8 Å². The van der Waals surface area contributed by atoms with Crippen molar-refractivity contribution in [2.24, 2.45) is 17.8 Å². The van der Waals surface area contributed by atoms with E-state index in [1.165, 1.54) is 12.8 Å². The Morgan fingerprint density at radius 3 is 2.82 bits per heavy atom. The molecule has 2 aliphatic rings. The maximum absolute atomic E-state index is 11.1. The van der Waals surface area contributed by atoms with E-state index in [-0.39, 0.29) is 18.4 Å². The van der Waals surface area contributed by atoms with Crippen molar-refractivity contribution in [2.45, 2.75) is 12.8 Å². The van der Waals surface area contributed by atoms with Crippen molar-refractivity contribution >= 4 is 5.91 Å². The summed E-state index contributed by atoms with van der Waals surface area (Å²) in [5.74, 6) is 1.07. The zero-order valence-electron chi connectivity index (χ0n) is 6.42. The van der Waals surface area contributed by atoms with Crippen molar-refractivity contribution < 1.29 is 9.90 Å². The van der Waals surface area contributed by atoms with E-state index in [2.05, 4.69) is 5.32 Å². The zero-order chi connectivity index (χ0) is 7.84. The molecule has 1 aliphatic heterocycles. The number of nitrogens with one attached hydrogen (secondary N) is 1. The molecule has 0 spiro atoms. The number of hydrogen-bond acceptors (Lipinski definition) is 2. The monoisotopic (exact) mass is 155 g/mol. The van der Waals surface area contributed by atoms with Gasteiger partial charge in [-0.1, -0.05) is 0 Å². The molecule has 62 valence electrons. The Bertz CT molecular complexity index is 177. The summed E-state index contributed by atoms with van der Waals surface area (Å²) >= 11 is 0. The summed E-state index contributed by atoms with van der Waals surface area (Å²) < 4.78 is 0. The van der Waals surface area contributed by atoms with Crippen LogP contribution >= 0.6 is 0 Å². The van der Waals surface area contributed by atoms with Crippen LogP contribution in [0.4, 0.5) is 0 Å². The van der Waals surface area contributed by atoms with Gasteiger partial charge in [-0.05, 0) is 24.7 Å². The van der Waals surface area contributed by atoms with E-state index in [1.807, 2.05) is 0 Å². The number of aliphatic hydroxyl groups excluding tert-OH is 1. The van der Waals surface area contributed by atoms with Gasteiger partial charge in [0.1, 0.15) is 0 Å². The van der Waals surface area contributed by atoms with Gasteiger partial charge in [0.05, 0.1) is 12.5 Å².